The van der Waals surface area contributed by atoms with E-state index in [1.54, 1.807) is 0 Å². The molecule has 0 aromatic heterocycles. The predicted molar refractivity (Wildman–Crippen MR) is 47.9 cm³/mol. The van der Waals surface area contributed by atoms with Crippen LogP contribution in [0.2, 0.25) is 0 Å². The summed E-state index contributed by atoms with van der Waals surface area (Å²) in [5.41, 5.74) is 0. The highest BCUT2D eigenvalue weighted by molar-refractivity contribution is 7.60. The highest BCUT2D eigenvalue weighted by Crippen LogP contribution is 2.55. The Kier molecular flexibility index (Phi) is 10.5. The van der Waals surface area contributed by atoms with Gasteiger partial charge >= 0.3 is 32.6 Å². The van der Waals surface area contributed by atoms with Crippen LogP contribution >= 0.6 is 32.6 Å². The second-order valence-electron chi connectivity index (χ2n) is 1.47. The normalized spacial score (nSPS) is 18.5. The largest absolute Gasteiger partial charge is 0.486 e. The molecular weight excluding hydrogens is 300 g/mol. The van der Waals surface area contributed by atoms with Crippen molar-refractivity contribution >= 4 is 32.6 Å². The molecule has 0 aliphatic heterocycles. The Labute approximate surface area is 84.8 Å². The summed E-state index contributed by atoms with van der Waals surface area (Å²) in [6.07, 6.45) is 0. The summed E-state index contributed by atoms with van der Waals surface area (Å²) in [5.74, 6) is 0. The molecule has 0 heterocycles. The molecule has 0 bridgehead atoms. The molecular formula is H8O11P4. The highest BCUT2D eigenvalue weighted by Gasteiger charge is 2.25. The van der Waals surface area contributed by atoms with Gasteiger partial charge in [-0.1, -0.05) is 0 Å². The van der Waals surface area contributed by atoms with Crippen LogP contribution in [-0.2, 0) is 26.9 Å². The maximum Gasteiger partial charge on any atom is 0.486 e. The maximum atomic E-state index is 10.3. The molecule has 94 valence electrons. The summed E-state index contributed by atoms with van der Waals surface area (Å²) >= 11 is 0. The van der Waals surface area contributed by atoms with Gasteiger partial charge in [-0.2, -0.15) is 0 Å². The molecule has 0 amide bonds. The lowest BCUT2D eigenvalue weighted by molar-refractivity contribution is 0.271. The van der Waals surface area contributed by atoms with Crippen LogP contribution in [0.5, 0.6) is 0 Å². The molecule has 0 saturated heterocycles. The van der Waals surface area contributed by atoms with Crippen LogP contribution in [0.15, 0.2) is 0 Å². The SMILES string of the molecule is O=[PH](O)O.O=[PH](O)OP(=O)(O)O[PH](=O)O. The lowest BCUT2D eigenvalue weighted by atomic mass is 15.7. The molecule has 0 radical (unpaired) electrons. The maximum absolute atomic E-state index is 10.3. The van der Waals surface area contributed by atoms with Crippen molar-refractivity contribution in [3.05, 3.63) is 0 Å². The molecule has 15 heavy (non-hydrogen) atoms. The van der Waals surface area contributed by atoms with Crippen LogP contribution in [0, 0.1) is 0 Å². The zero-order valence-electron chi connectivity index (χ0n) is 6.63. The van der Waals surface area contributed by atoms with Gasteiger partial charge in [-0.3, -0.25) is 13.7 Å². The first-order chi connectivity index (χ1) is 6.57. The van der Waals surface area contributed by atoms with Gasteiger partial charge < -0.3 is 24.5 Å². The first-order valence-corrected chi connectivity index (χ1v) is 7.99. The molecule has 2 atom stereocenters. The molecule has 15 heteroatoms. The minimum atomic E-state index is -4.84. The van der Waals surface area contributed by atoms with Gasteiger partial charge in [0, 0.05) is 0 Å². The Morgan fingerprint density at radius 1 is 0.867 bits per heavy atom. The Morgan fingerprint density at radius 3 is 1.20 bits per heavy atom. The molecule has 11 nitrogen and oxygen atoms in total. The lowest BCUT2D eigenvalue weighted by Crippen LogP contribution is -1.81. The average molecular weight is 308 g/mol. The van der Waals surface area contributed by atoms with Crippen molar-refractivity contribution in [2.24, 2.45) is 0 Å². The Balaban J connectivity index is 0. The molecule has 0 rings (SSSR count). The van der Waals surface area contributed by atoms with Gasteiger partial charge in [-0.25, -0.2) is 13.2 Å². The molecule has 0 aromatic carbocycles. The fourth-order valence-corrected chi connectivity index (χ4v) is 2.28. The minimum absolute atomic E-state index is 3.13. The summed E-state index contributed by atoms with van der Waals surface area (Å²) in [5, 5.41) is 0. The van der Waals surface area contributed by atoms with Gasteiger partial charge in [0.15, 0.2) is 0 Å². The fourth-order valence-electron chi connectivity index (χ4n) is 0.216. The molecule has 0 fully saturated rings. The Bertz CT molecular complexity index is 265. The van der Waals surface area contributed by atoms with E-state index < -0.39 is 32.6 Å². The van der Waals surface area contributed by atoms with Crippen molar-refractivity contribution in [1.29, 1.82) is 0 Å². The van der Waals surface area contributed by atoms with Crippen molar-refractivity contribution in [1.82, 2.24) is 0 Å². The van der Waals surface area contributed by atoms with Gasteiger partial charge in [0.05, 0.1) is 0 Å². The van der Waals surface area contributed by atoms with Crippen LogP contribution in [0.3, 0.4) is 0 Å². The van der Waals surface area contributed by atoms with E-state index in [1.165, 1.54) is 0 Å². The number of phosphoric acid groups is 1. The van der Waals surface area contributed by atoms with E-state index in [1.807, 2.05) is 0 Å². The smallest absolute Gasteiger partial charge is 0.326 e. The van der Waals surface area contributed by atoms with E-state index in [4.69, 9.17) is 29.0 Å². The van der Waals surface area contributed by atoms with Crippen molar-refractivity contribution in [2.75, 3.05) is 0 Å². The zero-order chi connectivity index (χ0) is 12.6. The number of hydrogen-bond acceptors (Lipinski definition) is 6. The number of rotatable bonds is 4. The average Bonchev–Trinajstić information content (AvgIpc) is 1.75. The van der Waals surface area contributed by atoms with E-state index >= 15 is 0 Å². The van der Waals surface area contributed by atoms with Crippen LogP contribution < -0.4 is 0 Å². The van der Waals surface area contributed by atoms with Gasteiger partial charge in [-0.05, 0) is 0 Å². The quantitative estimate of drug-likeness (QED) is 0.410. The second kappa shape index (κ2) is 8.75. The molecule has 0 aromatic rings. The summed E-state index contributed by atoms with van der Waals surface area (Å²) in [6, 6.07) is 0. The first kappa shape index (κ1) is 18.0. The topological polar surface area (TPSA) is 188 Å². The summed E-state index contributed by atoms with van der Waals surface area (Å²) in [6.45, 7) is 0. The van der Waals surface area contributed by atoms with Crippen LogP contribution in [0.1, 0.15) is 0 Å². The van der Waals surface area contributed by atoms with E-state index in [-0.39, 0.29) is 0 Å². The van der Waals surface area contributed by atoms with E-state index in [0.29, 0.717) is 0 Å². The van der Waals surface area contributed by atoms with Gasteiger partial charge in [0.1, 0.15) is 0 Å². The standard InChI is InChI=1S/H5O8P3.H3O3P/c1-9(2)7-11(5,6)8-10(3)4;1-4(2)3/h9-10H,(H,1,2)(H,3,4)(H,5,6);4H,(H2,1,2,3). The highest BCUT2D eigenvalue weighted by atomic mass is 31.3. The fraction of sp³-hybridized carbons (Fsp3) is 0. The van der Waals surface area contributed by atoms with Crippen molar-refractivity contribution in [3.63, 3.8) is 0 Å². The molecule has 5 N–H and O–H groups in total. The summed E-state index contributed by atoms with van der Waals surface area (Å²) in [4.78, 5) is 38.5. The van der Waals surface area contributed by atoms with Crippen LogP contribution in [0.25, 0.3) is 0 Å². The third-order valence-electron chi connectivity index (χ3n) is 0.387. The molecule has 0 aliphatic rings. The van der Waals surface area contributed by atoms with Crippen LogP contribution in [-0.4, -0.2) is 24.5 Å². The first-order valence-electron chi connectivity index (χ1n) is 2.66. The Morgan fingerprint density at radius 2 is 1.07 bits per heavy atom. The third-order valence-corrected chi connectivity index (χ3v) is 3.48. The van der Waals surface area contributed by atoms with E-state index in [2.05, 4.69) is 8.62 Å². The lowest BCUT2D eigenvalue weighted by Gasteiger charge is -2.05. The third kappa shape index (κ3) is 20.7. The van der Waals surface area contributed by atoms with Gasteiger partial charge in [0.2, 0.25) is 0 Å². The molecule has 0 saturated carbocycles. The van der Waals surface area contributed by atoms with Crippen molar-refractivity contribution < 1.29 is 51.3 Å². The molecule has 0 aliphatic carbocycles. The summed E-state index contributed by atoms with van der Waals surface area (Å²) in [7, 11) is -15.3. The molecule has 2 unspecified atom stereocenters. The summed E-state index contributed by atoms with van der Waals surface area (Å²) < 4.78 is 45.4. The predicted octanol–water partition coefficient (Wildman–Crippen LogP) is -0.755. The minimum Gasteiger partial charge on any atom is -0.326 e. The Hall–Kier alpha value is 0.640. The molecule has 0 spiro atoms. The van der Waals surface area contributed by atoms with E-state index in [9.17, 15) is 13.7 Å². The van der Waals surface area contributed by atoms with Crippen molar-refractivity contribution in [2.45, 2.75) is 0 Å². The van der Waals surface area contributed by atoms with Crippen molar-refractivity contribution in [3.8, 4) is 0 Å². The zero-order valence-corrected chi connectivity index (χ0v) is 10.5. The van der Waals surface area contributed by atoms with Gasteiger partial charge in [0.25, 0.3) is 0 Å². The second-order valence-corrected chi connectivity index (χ2v) is 5.49. The van der Waals surface area contributed by atoms with Crippen LogP contribution in [0.4, 0.5) is 0 Å². The monoisotopic (exact) mass is 308 g/mol. The van der Waals surface area contributed by atoms with Gasteiger partial charge in [-0.15, -0.1) is 0 Å². The number of hydrogen-bond donors (Lipinski definition) is 5. The van der Waals surface area contributed by atoms with E-state index in [0.717, 1.165) is 0 Å².